The van der Waals surface area contributed by atoms with E-state index in [0.29, 0.717) is 37.6 Å². The Morgan fingerprint density at radius 3 is 2.83 bits per heavy atom. The first-order chi connectivity index (χ1) is 17.0. The molecule has 0 unspecified atom stereocenters. The molecule has 2 N–H and O–H groups in total. The predicted octanol–water partition coefficient (Wildman–Crippen LogP) is 2.54. The fourth-order valence-corrected chi connectivity index (χ4v) is 4.88. The summed E-state index contributed by atoms with van der Waals surface area (Å²) in [6.07, 6.45) is 2.41. The van der Waals surface area contributed by atoms with Gasteiger partial charge in [-0.05, 0) is 36.2 Å². The van der Waals surface area contributed by atoms with Crippen LogP contribution >= 0.6 is 0 Å². The van der Waals surface area contributed by atoms with Gasteiger partial charge in [-0.2, -0.15) is 0 Å². The van der Waals surface area contributed by atoms with Gasteiger partial charge in [0.05, 0.1) is 36.5 Å². The number of nitrogens with zero attached hydrogens (tertiary/aromatic N) is 5. The Morgan fingerprint density at radius 2 is 2.09 bits per heavy atom. The molecular formula is C25H29FN6O3. The summed E-state index contributed by atoms with van der Waals surface area (Å²) in [4.78, 5) is 24.0. The molecule has 0 spiro atoms. The van der Waals surface area contributed by atoms with E-state index < -0.39 is 12.7 Å². The lowest BCUT2D eigenvalue weighted by Gasteiger charge is -2.30. The second-order valence-electron chi connectivity index (χ2n) is 8.84. The lowest BCUT2D eigenvalue weighted by atomic mass is 9.97. The summed E-state index contributed by atoms with van der Waals surface area (Å²) in [5.74, 6) is 1.17. The normalized spacial score (nSPS) is 14.7. The third-order valence-electron chi connectivity index (χ3n) is 6.64. The third-order valence-corrected chi connectivity index (χ3v) is 6.64. The fourth-order valence-electron chi connectivity index (χ4n) is 4.88. The highest BCUT2D eigenvalue weighted by Crippen LogP contribution is 2.34. The molecule has 3 aromatic heterocycles. The molecule has 1 aliphatic heterocycles. The zero-order valence-corrected chi connectivity index (χ0v) is 20.1. The Morgan fingerprint density at radius 1 is 1.26 bits per heavy atom. The van der Waals surface area contributed by atoms with E-state index in [1.807, 2.05) is 29.8 Å². The van der Waals surface area contributed by atoms with Gasteiger partial charge < -0.3 is 29.2 Å². The molecule has 9 nitrogen and oxygen atoms in total. The van der Waals surface area contributed by atoms with E-state index in [1.165, 1.54) is 0 Å². The zero-order valence-electron chi connectivity index (χ0n) is 20.1. The topological polar surface area (TPSA) is 100 Å². The van der Waals surface area contributed by atoms with E-state index in [9.17, 15) is 9.18 Å². The molecule has 0 saturated carbocycles. The number of nitrogens with two attached hydrogens (primary N) is 1. The Bertz CT molecular complexity index is 1410. The van der Waals surface area contributed by atoms with Crippen LogP contribution in [0.15, 0.2) is 30.5 Å². The van der Waals surface area contributed by atoms with Gasteiger partial charge in [-0.3, -0.25) is 4.79 Å². The van der Waals surface area contributed by atoms with Gasteiger partial charge in [-0.25, -0.2) is 14.4 Å². The van der Waals surface area contributed by atoms with E-state index >= 15 is 0 Å². The first-order valence-corrected chi connectivity index (χ1v) is 11.6. The van der Waals surface area contributed by atoms with Crippen LogP contribution in [0.5, 0.6) is 5.88 Å². The molecule has 4 aromatic rings. The van der Waals surface area contributed by atoms with Gasteiger partial charge in [0, 0.05) is 50.9 Å². The van der Waals surface area contributed by atoms with E-state index in [-0.39, 0.29) is 12.5 Å². The molecular weight excluding hydrogens is 451 g/mol. The van der Waals surface area contributed by atoms with Crippen LogP contribution in [0.2, 0.25) is 0 Å². The third kappa shape index (κ3) is 3.92. The number of ether oxygens (including phenoxy) is 2. The van der Waals surface area contributed by atoms with Crippen molar-refractivity contribution in [2.45, 2.75) is 19.0 Å². The molecule has 1 amide bonds. The fraction of sp³-hybridized carbons (Fsp3) is 0.400. The number of benzene rings is 1. The van der Waals surface area contributed by atoms with Crippen LogP contribution < -0.4 is 10.5 Å². The summed E-state index contributed by atoms with van der Waals surface area (Å²) in [5.41, 5.74) is 10.8. The number of carbonyl (C=O) groups is 1. The maximum atomic E-state index is 13.1. The number of imidazole rings is 1. The van der Waals surface area contributed by atoms with Crippen molar-refractivity contribution in [2.24, 2.45) is 12.8 Å². The summed E-state index contributed by atoms with van der Waals surface area (Å²) in [7, 11) is 5.25. The van der Waals surface area contributed by atoms with Gasteiger partial charge >= 0.3 is 0 Å². The smallest absolute Gasteiger partial charge is 0.254 e. The van der Waals surface area contributed by atoms with Crippen molar-refractivity contribution < 1.29 is 18.7 Å². The minimum absolute atomic E-state index is 0.130. The molecule has 0 fully saturated rings. The van der Waals surface area contributed by atoms with Gasteiger partial charge in [-0.1, -0.05) is 0 Å². The lowest BCUT2D eigenvalue weighted by molar-refractivity contribution is 0.0725. The Labute approximate surface area is 202 Å². The van der Waals surface area contributed by atoms with Gasteiger partial charge in [0.1, 0.15) is 12.2 Å². The van der Waals surface area contributed by atoms with Crippen LogP contribution in [-0.2, 0) is 24.8 Å². The molecule has 35 heavy (non-hydrogen) atoms. The molecule has 10 heteroatoms. The van der Waals surface area contributed by atoms with Crippen molar-refractivity contribution in [3.8, 4) is 17.4 Å². The highest BCUT2D eigenvalue weighted by atomic mass is 19.1. The first kappa shape index (κ1) is 23.3. The van der Waals surface area contributed by atoms with E-state index in [0.717, 1.165) is 39.0 Å². The zero-order chi connectivity index (χ0) is 24.7. The predicted molar refractivity (Wildman–Crippen MR) is 131 cm³/mol. The summed E-state index contributed by atoms with van der Waals surface area (Å²) < 4.78 is 28.0. The van der Waals surface area contributed by atoms with Gasteiger partial charge in [0.15, 0.2) is 5.82 Å². The number of pyridine rings is 1. The molecule has 184 valence electrons. The largest absolute Gasteiger partial charge is 0.479 e. The molecule has 4 heterocycles. The van der Waals surface area contributed by atoms with Crippen molar-refractivity contribution in [1.29, 1.82) is 0 Å². The molecule has 0 aliphatic carbocycles. The molecule has 1 atom stereocenters. The van der Waals surface area contributed by atoms with Crippen molar-refractivity contribution in [1.82, 2.24) is 24.0 Å². The monoisotopic (exact) mass is 480 g/mol. The van der Waals surface area contributed by atoms with Crippen molar-refractivity contribution in [3.63, 3.8) is 0 Å². The van der Waals surface area contributed by atoms with Crippen LogP contribution in [-0.4, -0.2) is 76.5 Å². The number of hydrogen-bond acceptors (Lipinski definition) is 6. The highest BCUT2D eigenvalue weighted by molar-refractivity contribution is 6.00. The van der Waals surface area contributed by atoms with Gasteiger partial charge in [0.25, 0.3) is 5.91 Å². The van der Waals surface area contributed by atoms with E-state index in [4.69, 9.17) is 20.2 Å². The average molecular weight is 481 g/mol. The average Bonchev–Trinajstić information content (AvgIpc) is 3.40. The number of halogens is 1. The van der Waals surface area contributed by atoms with Crippen LogP contribution in [0.1, 0.15) is 15.9 Å². The van der Waals surface area contributed by atoms with Crippen LogP contribution in [0.3, 0.4) is 0 Å². The molecule has 0 bridgehead atoms. The Balaban J connectivity index is 1.63. The Hall–Kier alpha value is -3.50. The minimum Gasteiger partial charge on any atom is -0.479 e. The molecule has 0 saturated heterocycles. The summed E-state index contributed by atoms with van der Waals surface area (Å²) >= 11 is 0. The van der Waals surface area contributed by atoms with Crippen molar-refractivity contribution >= 4 is 27.8 Å². The number of aryl methyl sites for hydroxylation is 1. The summed E-state index contributed by atoms with van der Waals surface area (Å²) in [5, 5.41) is 0.990. The molecule has 1 aromatic carbocycles. The number of fused-ring (bicyclic) bond motifs is 3. The van der Waals surface area contributed by atoms with Gasteiger partial charge in [-0.15, -0.1) is 0 Å². The second-order valence-corrected chi connectivity index (χ2v) is 8.84. The minimum atomic E-state index is -0.675. The molecule has 1 aliphatic rings. The summed E-state index contributed by atoms with van der Waals surface area (Å²) in [6, 6.07) is 7.22. The number of rotatable bonds is 8. The number of carbonyl (C=O) groups excluding carboxylic acids is 1. The first-order valence-electron chi connectivity index (χ1n) is 11.6. The number of hydrogen-bond donors (Lipinski definition) is 1. The molecule has 5 rings (SSSR count). The molecule has 0 radical (unpaired) electrons. The van der Waals surface area contributed by atoms with Crippen LogP contribution in [0.25, 0.3) is 33.5 Å². The van der Waals surface area contributed by atoms with Crippen LogP contribution in [0.4, 0.5) is 4.39 Å². The number of aromatic nitrogens is 4. The lowest BCUT2D eigenvalue weighted by Crippen LogP contribution is -2.45. The number of alkyl halides is 1. The summed E-state index contributed by atoms with van der Waals surface area (Å²) in [6.45, 7) is 1.18. The maximum Gasteiger partial charge on any atom is 0.254 e. The standard InChI is InChI=1S/C25H29FN6O3/c1-30-20-10-15-5-7-31(14-17(27)13-26)25(33)18(15)12-19(20)29-23(30)21-11-16-4-6-28-24(35-3)22(16)32(21)8-9-34-2/h4,6,10-12,17H,5,7-9,13-14,27H2,1-3H3/t17-/m1/s1. The van der Waals surface area contributed by atoms with Gasteiger partial charge in [0.2, 0.25) is 5.88 Å². The highest BCUT2D eigenvalue weighted by Gasteiger charge is 2.28. The Kier molecular flexibility index (Phi) is 6.16. The number of amides is 1. The van der Waals surface area contributed by atoms with Crippen LogP contribution in [0, 0.1) is 0 Å². The van der Waals surface area contributed by atoms with E-state index in [2.05, 4.69) is 15.6 Å². The SMILES string of the molecule is COCCn1c(-c2nc3cc4c(cc3n2C)CCN(C[C@H](N)CF)C4=O)cc2ccnc(OC)c21. The quantitative estimate of drug-likeness (QED) is 0.416. The van der Waals surface area contributed by atoms with E-state index in [1.54, 1.807) is 25.3 Å². The van der Waals surface area contributed by atoms with Crippen molar-refractivity contribution in [2.75, 3.05) is 40.6 Å². The maximum absolute atomic E-state index is 13.1. The number of methoxy groups -OCH3 is 2. The second kappa shape index (κ2) is 9.27. The van der Waals surface area contributed by atoms with Crippen molar-refractivity contribution in [3.05, 3.63) is 41.6 Å².